The van der Waals surface area contributed by atoms with Crippen LogP contribution in [0.2, 0.25) is 0 Å². The summed E-state index contributed by atoms with van der Waals surface area (Å²) < 4.78 is 0. The van der Waals surface area contributed by atoms with Crippen molar-refractivity contribution >= 4 is 22.1 Å². The highest BCUT2D eigenvalue weighted by molar-refractivity contribution is 7.10. The highest BCUT2D eigenvalue weighted by atomic mass is 32.1. The van der Waals surface area contributed by atoms with Gasteiger partial charge < -0.3 is 5.32 Å². The van der Waals surface area contributed by atoms with Gasteiger partial charge in [-0.05, 0) is 60.1 Å². The first-order chi connectivity index (χ1) is 10.4. The average molecular weight is 295 g/mol. The molecule has 1 unspecified atom stereocenters. The van der Waals surface area contributed by atoms with Crippen LogP contribution in [0.1, 0.15) is 22.8 Å². The zero-order valence-electron chi connectivity index (χ0n) is 12.4. The maximum absolute atomic E-state index is 3.29. The lowest BCUT2D eigenvalue weighted by atomic mass is 9.91. The lowest BCUT2D eigenvalue weighted by Gasteiger charge is -2.17. The van der Waals surface area contributed by atoms with E-state index < -0.39 is 0 Å². The van der Waals surface area contributed by atoms with Crippen LogP contribution in [-0.4, -0.2) is 13.6 Å². The summed E-state index contributed by atoms with van der Waals surface area (Å²) in [5.74, 6) is 0.600. The molecule has 0 saturated heterocycles. The predicted molar refractivity (Wildman–Crippen MR) is 93.3 cm³/mol. The molecule has 0 aliphatic heterocycles. The molecule has 0 aliphatic rings. The van der Waals surface area contributed by atoms with E-state index >= 15 is 0 Å². The summed E-state index contributed by atoms with van der Waals surface area (Å²) in [4.78, 5) is 1.50. The van der Waals surface area contributed by atoms with Crippen LogP contribution in [0.4, 0.5) is 0 Å². The van der Waals surface area contributed by atoms with Crippen molar-refractivity contribution in [1.29, 1.82) is 0 Å². The quantitative estimate of drug-likeness (QED) is 0.686. The summed E-state index contributed by atoms with van der Waals surface area (Å²) in [6.45, 7) is 1.06. The fraction of sp³-hybridized carbons (Fsp3) is 0.263. The molecule has 1 aromatic heterocycles. The molecule has 0 aliphatic carbocycles. The van der Waals surface area contributed by atoms with Crippen molar-refractivity contribution in [2.75, 3.05) is 13.6 Å². The molecule has 0 spiro atoms. The molecule has 1 nitrogen and oxygen atoms in total. The minimum Gasteiger partial charge on any atom is -0.320 e. The van der Waals surface area contributed by atoms with Crippen LogP contribution in [0.15, 0.2) is 60.0 Å². The van der Waals surface area contributed by atoms with Crippen LogP contribution in [0.25, 0.3) is 10.8 Å². The van der Waals surface area contributed by atoms with E-state index in [0.717, 1.165) is 13.0 Å². The molecule has 0 fully saturated rings. The molecule has 1 atom stereocenters. The summed E-state index contributed by atoms with van der Waals surface area (Å²) in [5, 5.41) is 8.21. The van der Waals surface area contributed by atoms with Crippen LogP contribution >= 0.6 is 11.3 Å². The Morgan fingerprint density at radius 1 is 1.00 bits per heavy atom. The van der Waals surface area contributed by atoms with Gasteiger partial charge in [0.2, 0.25) is 0 Å². The summed E-state index contributed by atoms with van der Waals surface area (Å²) in [6, 6.07) is 19.8. The fourth-order valence-electron chi connectivity index (χ4n) is 2.92. The zero-order valence-corrected chi connectivity index (χ0v) is 13.2. The lowest BCUT2D eigenvalue weighted by Crippen LogP contribution is -2.13. The van der Waals surface area contributed by atoms with Crippen LogP contribution in [0.3, 0.4) is 0 Å². The summed E-state index contributed by atoms with van der Waals surface area (Å²) >= 11 is 1.88. The molecule has 3 rings (SSSR count). The van der Waals surface area contributed by atoms with Crippen molar-refractivity contribution in [1.82, 2.24) is 5.32 Å². The summed E-state index contributed by atoms with van der Waals surface area (Å²) in [5.41, 5.74) is 1.46. The summed E-state index contributed by atoms with van der Waals surface area (Å²) in [7, 11) is 2.03. The van der Waals surface area contributed by atoms with Crippen molar-refractivity contribution in [3.63, 3.8) is 0 Å². The molecule has 3 aromatic rings. The van der Waals surface area contributed by atoms with Gasteiger partial charge in [-0.2, -0.15) is 0 Å². The molecule has 1 heterocycles. The van der Waals surface area contributed by atoms with E-state index in [1.807, 2.05) is 18.4 Å². The number of fused-ring (bicyclic) bond motifs is 1. The van der Waals surface area contributed by atoms with Gasteiger partial charge in [0.25, 0.3) is 0 Å². The second kappa shape index (κ2) is 6.88. The number of benzene rings is 2. The standard InChI is InChI=1S/C19H21NS/c1-20-12-11-17(19-10-5-13-21-19)14-16-8-4-7-15-6-2-3-9-18(15)16/h2-10,13,17,20H,11-12,14H2,1H3. The van der Waals surface area contributed by atoms with Crippen molar-refractivity contribution < 1.29 is 0 Å². The third kappa shape index (κ3) is 3.34. The normalized spacial score (nSPS) is 12.6. The van der Waals surface area contributed by atoms with Crippen molar-refractivity contribution in [2.24, 2.45) is 0 Å². The number of thiophene rings is 1. The molecule has 0 amide bonds. The Morgan fingerprint density at radius 2 is 1.86 bits per heavy atom. The van der Waals surface area contributed by atoms with Gasteiger partial charge in [0.15, 0.2) is 0 Å². The zero-order chi connectivity index (χ0) is 14.5. The van der Waals surface area contributed by atoms with Gasteiger partial charge in [-0.3, -0.25) is 0 Å². The Morgan fingerprint density at radius 3 is 2.67 bits per heavy atom. The molecular weight excluding hydrogens is 274 g/mol. The highest BCUT2D eigenvalue weighted by Gasteiger charge is 2.14. The molecule has 21 heavy (non-hydrogen) atoms. The third-order valence-corrected chi connectivity index (χ3v) is 5.07. The van der Waals surface area contributed by atoms with E-state index in [1.165, 1.54) is 27.6 Å². The Labute approximate surface area is 130 Å². The van der Waals surface area contributed by atoms with Crippen LogP contribution < -0.4 is 5.32 Å². The first kappa shape index (κ1) is 14.3. The number of hydrogen-bond donors (Lipinski definition) is 1. The van der Waals surface area contributed by atoms with E-state index in [2.05, 4.69) is 65.3 Å². The van der Waals surface area contributed by atoms with Crippen LogP contribution in [-0.2, 0) is 6.42 Å². The highest BCUT2D eigenvalue weighted by Crippen LogP contribution is 2.30. The Kier molecular flexibility index (Phi) is 4.69. The minimum absolute atomic E-state index is 0.600. The van der Waals surface area contributed by atoms with Gasteiger partial charge in [-0.1, -0.05) is 48.5 Å². The van der Waals surface area contributed by atoms with Crippen LogP contribution in [0.5, 0.6) is 0 Å². The van der Waals surface area contributed by atoms with E-state index in [1.54, 1.807) is 0 Å². The second-order valence-electron chi connectivity index (χ2n) is 5.45. The first-order valence-electron chi connectivity index (χ1n) is 7.53. The Hall–Kier alpha value is -1.64. The van der Waals surface area contributed by atoms with E-state index in [0.29, 0.717) is 5.92 Å². The number of nitrogens with one attached hydrogen (secondary N) is 1. The molecule has 0 saturated carbocycles. The molecule has 2 aromatic carbocycles. The van der Waals surface area contributed by atoms with Gasteiger partial charge >= 0.3 is 0 Å². The molecule has 1 N–H and O–H groups in total. The Balaban J connectivity index is 1.90. The monoisotopic (exact) mass is 295 g/mol. The number of rotatable bonds is 6. The average Bonchev–Trinajstić information content (AvgIpc) is 3.06. The second-order valence-corrected chi connectivity index (χ2v) is 6.43. The fourth-order valence-corrected chi connectivity index (χ4v) is 3.79. The summed E-state index contributed by atoms with van der Waals surface area (Å²) in [6.07, 6.45) is 2.30. The van der Waals surface area contributed by atoms with Crippen LogP contribution in [0, 0.1) is 0 Å². The lowest BCUT2D eigenvalue weighted by molar-refractivity contribution is 0.602. The van der Waals surface area contributed by atoms with E-state index in [-0.39, 0.29) is 0 Å². The Bertz CT molecular complexity index is 682. The van der Waals surface area contributed by atoms with Gasteiger partial charge in [0.05, 0.1) is 0 Å². The third-order valence-electron chi connectivity index (χ3n) is 4.03. The van der Waals surface area contributed by atoms with Gasteiger partial charge in [-0.25, -0.2) is 0 Å². The van der Waals surface area contributed by atoms with Gasteiger partial charge in [0.1, 0.15) is 0 Å². The maximum Gasteiger partial charge on any atom is 0.00799 e. The first-order valence-corrected chi connectivity index (χ1v) is 8.41. The SMILES string of the molecule is CNCCC(Cc1cccc2ccccc12)c1cccs1. The largest absolute Gasteiger partial charge is 0.320 e. The molecule has 0 radical (unpaired) electrons. The van der Waals surface area contributed by atoms with E-state index in [4.69, 9.17) is 0 Å². The van der Waals surface area contributed by atoms with Crippen molar-refractivity contribution in [3.8, 4) is 0 Å². The smallest absolute Gasteiger partial charge is 0.00799 e. The van der Waals surface area contributed by atoms with Crippen molar-refractivity contribution in [2.45, 2.75) is 18.8 Å². The van der Waals surface area contributed by atoms with Gasteiger partial charge in [-0.15, -0.1) is 11.3 Å². The minimum atomic E-state index is 0.600. The molecule has 0 bridgehead atoms. The molecule has 108 valence electrons. The van der Waals surface area contributed by atoms with Gasteiger partial charge in [0, 0.05) is 4.88 Å². The number of hydrogen-bond acceptors (Lipinski definition) is 2. The predicted octanol–water partition coefficient (Wildman–Crippen LogP) is 4.84. The van der Waals surface area contributed by atoms with Crippen molar-refractivity contribution in [3.05, 3.63) is 70.4 Å². The molecule has 2 heteroatoms. The van der Waals surface area contributed by atoms with E-state index in [9.17, 15) is 0 Å². The topological polar surface area (TPSA) is 12.0 Å². The molecular formula is C19H21NS. The maximum atomic E-state index is 3.29.